The first-order valence-corrected chi connectivity index (χ1v) is 13.9. The van der Waals surface area contributed by atoms with Crippen LogP contribution >= 0.6 is 23.4 Å². The first-order chi connectivity index (χ1) is 18.4. The summed E-state index contributed by atoms with van der Waals surface area (Å²) in [6, 6.07) is 3.76. The molecule has 38 heavy (non-hydrogen) atoms. The molecule has 2 saturated heterocycles. The third-order valence-corrected chi connectivity index (χ3v) is 9.49. The summed E-state index contributed by atoms with van der Waals surface area (Å²) in [6.45, 7) is 5.32. The van der Waals surface area contributed by atoms with Crippen LogP contribution < -0.4 is 16.2 Å². The topological polar surface area (TPSA) is 113 Å². The Balaban J connectivity index is 1.28. The predicted molar refractivity (Wildman–Crippen MR) is 147 cm³/mol. The number of halogens is 1. The summed E-state index contributed by atoms with van der Waals surface area (Å²) in [5.74, 6) is 0.854. The van der Waals surface area contributed by atoms with Gasteiger partial charge in [0, 0.05) is 55.1 Å². The molecule has 2 aliphatic heterocycles. The van der Waals surface area contributed by atoms with Gasteiger partial charge in [0.1, 0.15) is 0 Å². The molecule has 2 fully saturated rings. The normalized spacial score (nSPS) is 21.2. The molecule has 10 nitrogen and oxygen atoms in total. The van der Waals surface area contributed by atoms with E-state index in [1.54, 1.807) is 13.3 Å². The maximum absolute atomic E-state index is 13.1. The van der Waals surface area contributed by atoms with E-state index in [1.165, 1.54) is 22.7 Å². The number of ether oxygens (including phenoxy) is 2. The number of aromatic nitrogens is 5. The number of methoxy groups -OCH3 is 1. The van der Waals surface area contributed by atoms with Gasteiger partial charge in [0.05, 0.1) is 53.0 Å². The van der Waals surface area contributed by atoms with Crippen molar-refractivity contribution in [3.63, 3.8) is 0 Å². The number of nitrogens with zero attached hydrogens (tertiary/aromatic N) is 6. The summed E-state index contributed by atoms with van der Waals surface area (Å²) in [5.41, 5.74) is 7.71. The van der Waals surface area contributed by atoms with Crippen molar-refractivity contribution >= 4 is 45.9 Å². The summed E-state index contributed by atoms with van der Waals surface area (Å²) in [6.07, 6.45) is 9.10. The lowest BCUT2D eigenvalue weighted by atomic mass is 9.73. The molecular weight excluding hydrogens is 526 g/mol. The fourth-order valence-corrected chi connectivity index (χ4v) is 6.82. The molecule has 2 N–H and O–H groups in total. The molecule has 12 heteroatoms. The SMILES string of the molecule is COCCn1cnc2ccc(Sc3cnc(N4CCC5(CC4)CO[C@@H](C)[C@H]5N)n4ccnc34)c(Cl)c2c1=O. The highest BCUT2D eigenvalue weighted by atomic mass is 35.5. The molecule has 2 aliphatic rings. The van der Waals surface area contributed by atoms with Crippen molar-refractivity contribution in [1.82, 2.24) is 23.9 Å². The molecule has 2 atom stereocenters. The Labute approximate surface area is 229 Å². The molecule has 3 aromatic heterocycles. The largest absolute Gasteiger partial charge is 0.383 e. The van der Waals surface area contributed by atoms with Crippen molar-refractivity contribution < 1.29 is 9.47 Å². The average Bonchev–Trinajstić information content (AvgIpc) is 3.52. The molecule has 0 bridgehead atoms. The summed E-state index contributed by atoms with van der Waals surface area (Å²) in [7, 11) is 1.60. The molecular formula is C26H30ClN7O3S. The number of fused-ring (bicyclic) bond motifs is 2. The quantitative estimate of drug-likeness (QED) is 0.383. The van der Waals surface area contributed by atoms with Crippen LogP contribution in [-0.4, -0.2) is 69.5 Å². The monoisotopic (exact) mass is 555 g/mol. The van der Waals surface area contributed by atoms with Crippen molar-refractivity contribution in [2.45, 2.75) is 48.2 Å². The van der Waals surface area contributed by atoms with Crippen LogP contribution in [0, 0.1) is 5.41 Å². The summed E-state index contributed by atoms with van der Waals surface area (Å²) in [4.78, 5) is 30.8. The average molecular weight is 556 g/mol. The van der Waals surface area contributed by atoms with Crippen LogP contribution in [0.2, 0.25) is 5.02 Å². The summed E-state index contributed by atoms with van der Waals surface area (Å²) < 4.78 is 14.5. The maximum Gasteiger partial charge on any atom is 0.262 e. The maximum atomic E-state index is 13.1. The third-order valence-electron chi connectivity index (χ3n) is 7.91. The number of hydrogen-bond acceptors (Lipinski definition) is 9. The lowest BCUT2D eigenvalue weighted by Gasteiger charge is -2.41. The van der Waals surface area contributed by atoms with E-state index in [9.17, 15) is 4.79 Å². The van der Waals surface area contributed by atoms with Gasteiger partial charge in [0.2, 0.25) is 5.95 Å². The van der Waals surface area contributed by atoms with Gasteiger partial charge in [-0.2, -0.15) is 0 Å². The van der Waals surface area contributed by atoms with Crippen molar-refractivity contribution in [3.8, 4) is 0 Å². The van der Waals surface area contributed by atoms with Crippen LogP contribution in [0.3, 0.4) is 0 Å². The number of imidazole rings is 1. The van der Waals surface area contributed by atoms with Gasteiger partial charge in [-0.1, -0.05) is 23.4 Å². The van der Waals surface area contributed by atoms with Gasteiger partial charge in [-0.15, -0.1) is 0 Å². The van der Waals surface area contributed by atoms with Crippen molar-refractivity contribution in [2.24, 2.45) is 11.1 Å². The minimum absolute atomic E-state index is 0.0452. The number of nitrogens with two attached hydrogens (primary N) is 1. The second kappa shape index (κ2) is 10.1. The molecule has 0 amide bonds. The molecule has 1 spiro atoms. The molecule has 0 saturated carbocycles. The fraction of sp³-hybridized carbons (Fsp3) is 0.462. The van der Waals surface area contributed by atoms with E-state index in [1.807, 2.05) is 28.9 Å². The van der Waals surface area contributed by atoms with Gasteiger partial charge in [0.15, 0.2) is 5.65 Å². The number of anilines is 1. The smallest absolute Gasteiger partial charge is 0.262 e. The van der Waals surface area contributed by atoms with Crippen LogP contribution in [0.1, 0.15) is 19.8 Å². The van der Waals surface area contributed by atoms with Gasteiger partial charge in [-0.05, 0) is 31.9 Å². The molecule has 6 rings (SSSR count). The van der Waals surface area contributed by atoms with E-state index in [0.29, 0.717) is 29.1 Å². The fourth-order valence-electron chi connectivity index (χ4n) is 5.55. The van der Waals surface area contributed by atoms with Gasteiger partial charge in [0.25, 0.3) is 5.56 Å². The van der Waals surface area contributed by atoms with Crippen LogP contribution in [0.15, 0.2) is 51.6 Å². The highest BCUT2D eigenvalue weighted by molar-refractivity contribution is 7.99. The Morgan fingerprint density at radius 3 is 2.79 bits per heavy atom. The second-order valence-electron chi connectivity index (χ2n) is 10.0. The highest BCUT2D eigenvalue weighted by Gasteiger charge is 2.47. The standard InChI is InChI=1S/C26H30ClN7O3S/c1-16-22(28)26(14-37-16)5-8-32(9-6-26)25-30-13-19(23-29-7-10-34(23)25)38-18-4-3-17-20(21(18)27)24(35)33(15-31-17)11-12-36-2/h3-4,7,10,13,15-16,22H,5-6,8-9,11-12,14,28H2,1-2H3/t16-,22+/m0/s1. The van der Waals surface area contributed by atoms with Crippen molar-refractivity contribution in [2.75, 3.05) is 38.3 Å². The first kappa shape index (κ1) is 25.6. The van der Waals surface area contributed by atoms with Crippen LogP contribution in [0.5, 0.6) is 0 Å². The Bertz CT molecular complexity index is 1550. The van der Waals surface area contributed by atoms with Gasteiger partial charge in [-0.25, -0.2) is 15.0 Å². The Morgan fingerprint density at radius 2 is 2.05 bits per heavy atom. The summed E-state index contributed by atoms with van der Waals surface area (Å²) in [5, 5.41) is 0.765. The number of rotatable bonds is 6. The van der Waals surface area contributed by atoms with Crippen molar-refractivity contribution in [3.05, 3.63) is 52.4 Å². The molecule has 0 unspecified atom stereocenters. The minimum atomic E-state index is -0.191. The molecule has 1 aromatic carbocycles. The van der Waals surface area contributed by atoms with Gasteiger partial charge < -0.3 is 20.1 Å². The molecule has 0 radical (unpaired) electrons. The van der Waals surface area contributed by atoms with Crippen molar-refractivity contribution in [1.29, 1.82) is 0 Å². The second-order valence-corrected chi connectivity index (χ2v) is 11.5. The van der Waals surface area contributed by atoms with Crippen LogP contribution in [0.25, 0.3) is 16.6 Å². The Kier molecular flexibility index (Phi) is 6.81. The number of hydrogen-bond donors (Lipinski definition) is 1. The van der Waals surface area contributed by atoms with E-state index < -0.39 is 0 Å². The lowest BCUT2D eigenvalue weighted by molar-refractivity contribution is 0.0973. The van der Waals surface area contributed by atoms with E-state index in [0.717, 1.165) is 53.9 Å². The van der Waals surface area contributed by atoms with E-state index in [2.05, 4.69) is 21.8 Å². The van der Waals surface area contributed by atoms with E-state index in [4.69, 9.17) is 31.8 Å². The number of benzene rings is 1. The van der Waals surface area contributed by atoms with Crippen LogP contribution in [0.4, 0.5) is 5.95 Å². The zero-order chi connectivity index (χ0) is 26.4. The summed E-state index contributed by atoms with van der Waals surface area (Å²) >= 11 is 8.22. The van der Waals surface area contributed by atoms with E-state index >= 15 is 0 Å². The molecule has 0 aliphatic carbocycles. The zero-order valence-electron chi connectivity index (χ0n) is 21.3. The lowest BCUT2D eigenvalue weighted by Crippen LogP contribution is -2.51. The molecule has 200 valence electrons. The predicted octanol–water partition coefficient (Wildman–Crippen LogP) is 3.22. The Morgan fingerprint density at radius 1 is 1.24 bits per heavy atom. The van der Waals surface area contributed by atoms with Crippen LogP contribution in [-0.2, 0) is 16.0 Å². The van der Waals surface area contributed by atoms with Gasteiger partial charge in [-0.3, -0.25) is 13.8 Å². The third kappa shape index (κ3) is 4.26. The zero-order valence-corrected chi connectivity index (χ0v) is 22.9. The van der Waals surface area contributed by atoms with Gasteiger partial charge >= 0.3 is 0 Å². The minimum Gasteiger partial charge on any atom is -0.383 e. The number of piperidine rings is 1. The first-order valence-electron chi connectivity index (χ1n) is 12.7. The van der Waals surface area contributed by atoms with E-state index in [-0.39, 0.29) is 23.1 Å². The molecule has 5 heterocycles. The Hall–Kier alpha value is -2.70. The highest BCUT2D eigenvalue weighted by Crippen LogP contribution is 2.42. The molecule has 4 aromatic rings.